The Morgan fingerprint density at radius 3 is 2.27 bits per heavy atom. The number of hydrogen-bond donors (Lipinski definition) is 1. The second kappa shape index (κ2) is 10.1. The third-order valence-electron chi connectivity index (χ3n) is 8.50. The van der Waals surface area contributed by atoms with E-state index in [1.807, 2.05) is 4.90 Å². The van der Waals surface area contributed by atoms with Crippen molar-refractivity contribution in [2.45, 2.75) is 94.8 Å². The number of aliphatic hydroxyl groups is 1. The fourth-order valence-corrected chi connectivity index (χ4v) is 9.74. The van der Waals surface area contributed by atoms with E-state index in [9.17, 15) is 19.5 Å². The molecule has 3 rings (SSSR count). The maximum atomic E-state index is 14.7. The minimum atomic E-state index is -0.749. The maximum Gasteiger partial charge on any atom is 0.247 e. The smallest absolute Gasteiger partial charge is 0.247 e. The first-order chi connectivity index (χ1) is 17.0. The monoisotopic (exact) mass is 533 g/mol. The highest BCUT2D eigenvalue weighted by molar-refractivity contribution is 8.02. The van der Waals surface area contributed by atoms with Crippen LogP contribution in [0.2, 0.25) is 0 Å². The maximum absolute atomic E-state index is 14.7. The minimum absolute atomic E-state index is 0.0190. The van der Waals surface area contributed by atoms with Crippen LogP contribution in [-0.2, 0) is 14.4 Å². The van der Waals surface area contributed by atoms with Crippen LogP contribution < -0.4 is 0 Å². The van der Waals surface area contributed by atoms with Crippen molar-refractivity contribution in [3.8, 4) is 0 Å². The summed E-state index contributed by atoms with van der Waals surface area (Å²) in [6, 6.07) is -1.28. The molecule has 208 valence electrons. The van der Waals surface area contributed by atoms with Gasteiger partial charge >= 0.3 is 0 Å². The zero-order valence-corrected chi connectivity index (χ0v) is 24.9. The van der Waals surface area contributed by atoms with Crippen molar-refractivity contribution in [3.63, 3.8) is 0 Å². The summed E-state index contributed by atoms with van der Waals surface area (Å²) >= 11 is 1.66. The molecule has 8 heteroatoms. The molecule has 3 saturated heterocycles. The van der Waals surface area contributed by atoms with Gasteiger partial charge in [-0.25, -0.2) is 0 Å². The van der Waals surface area contributed by atoms with Crippen LogP contribution in [0, 0.1) is 17.3 Å². The lowest BCUT2D eigenvalue weighted by Crippen LogP contribution is -2.61. The van der Waals surface area contributed by atoms with Gasteiger partial charge in [-0.3, -0.25) is 14.4 Å². The van der Waals surface area contributed by atoms with Gasteiger partial charge in [0.05, 0.1) is 29.2 Å². The van der Waals surface area contributed by atoms with E-state index in [-0.39, 0.29) is 29.7 Å². The zero-order valence-electron chi connectivity index (χ0n) is 24.0. The molecule has 0 aliphatic carbocycles. The molecule has 1 spiro atoms. The average Bonchev–Trinajstić information content (AvgIpc) is 3.35. The number of fused-ring (bicyclic) bond motifs is 1. The summed E-state index contributed by atoms with van der Waals surface area (Å²) in [5.41, 5.74) is -0.505. The predicted octanol–water partition coefficient (Wildman–Crippen LogP) is 3.72. The van der Waals surface area contributed by atoms with E-state index in [1.165, 1.54) is 0 Å². The van der Waals surface area contributed by atoms with Crippen molar-refractivity contribution >= 4 is 29.5 Å². The summed E-state index contributed by atoms with van der Waals surface area (Å²) in [5.74, 6) is -1.50. The normalized spacial score (nSPS) is 31.8. The molecule has 0 aromatic heterocycles. The summed E-state index contributed by atoms with van der Waals surface area (Å²) in [5, 5.41) is 10.2. The van der Waals surface area contributed by atoms with E-state index in [2.05, 4.69) is 54.7 Å². The number of rotatable bonds is 10. The van der Waals surface area contributed by atoms with Crippen LogP contribution in [0.4, 0.5) is 0 Å². The lowest BCUT2D eigenvalue weighted by atomic mass is 9.66. The van der Waals surface area contributed by atoms with E-state index >= 15 is 0 Å². The van der Waals surface area contributed by atoms with Crippen molar-refractivity contribution in [1.82, 2.24) is 14.7 Å². The van der Waals surface area contributed by atoms with Gasteiger partial charge in [0.25, 0.3) is 0 Å². The van der Waals surface area contributed by atoms with Crippen molar-refractivity contribution in [1.29, 1.82) is 0 Å². The molecule has 37 heavy (non-hydrogen) atoms. The Morgan fingerprint density at radius 1 is 1.16 bits per heavy atom. The number of likely N-dealkylation sites (tertiary alicyclic amines) is 1. The summed E-state index contributed by atoms with van der Waals surface area (Å²) in [6.45, 7) is 22.7. The Balaban J connectivity index is 2.14. The molecular formula is C29H47N3O4S. The molecule has 0 aromatic carbocycles. The summed E-state index contributed by atoms with van der Waals surface area (Å²) in [6.07, 6.45) is 5.64. The van der Waals surface area contributed by atoms with Crippen molar-refractivity contribution in [2.24, 2.45) is 17.3 Å². The Bertz CT molecular complexity index is 959. The number of likely N-dealkylation sites (N-methyl/N-ethyl adjacent to an activating group) is 1. The van der Waals surface area contributed by atoms with Crippen LogP contribution >= 0.6 is 11.8 Å². The van der Waals surface area contributed by atoms with Gasteiger partial charge in [-0.1, -0.05) is 32.9 Å². The molecule has 6 atom stereocenters. The summed E-state index contributed by atoms with van der Waals surface area (Å²) in [7, 11) is 1.74. The summed E-state index contributed by atoms with van der Waals surface area (Å²) in [4.78, 5) is 47.7. The number of carbonyl (C=O) groups excluding carboxylic acids is 3. The average molecular weight is 534 g/mol. The van der Waals surface area contributed by atoms with E-state index in [0.717, 1.165) is 12.8 Å². The molecule has 3 fully saturated rings. The first-order valence-corrected chi connectivity index (χ1v) is 14.2. The van der Waals surface area contributed by atoms with Gasteiger partial charge in [0.1, 0.15) is 6.04 Å². The highest BCUT2D eigenvalue weighted by Gasteiger charge is 2.78. The SMILES string of the molecule is C=CCN(C)C(=O)[C@H]1[C@H]2C(=O)N([C@H](C)CO)C(C(=O)N(CC=C)C(C)(C)CC(C)(C)C)C23CC[C@]1(C)S3. The standard InChI is InChI=1S/C29H47N3O4S/c1-11-15-30(10)23(34)20-21-24(35)32(19(3)17-33)22(29(21)14-13-28(20,9)37-29)25(36)31(16-12-2)27(7,8)18-26(4,5)6/h11-12,19-22,33H,1-2,13-18H2,3-10H3/t19-,20-,21+,22?,28+,29?/m1/s1. The lowest BCUT2D eigenvalue weighted by Gasteiger charge is -2.46. The summed E-state index contributed by atoms with van der Waals surface area (Å²) < 4.78 is -1.14. The van der Waals surface area contributed by atoms with Gasteiger partial charge in [-0.2, -0.15) is 0 Å². The van der Waals surface area contributed by atoms with Crippen LogP contribution in [-0.4, -0.2) is 91.4 Å². The van der Waals surface area contributed by atoms with E-state index in [1.54, 1.807) is 47.7 Å². The molecule has 2 bridgehead atoms. The molecule has 0 aromatic rings. The van der Waals surface area contributed by atoms with Gasteiger partial charge in [0.15, 0.2) is 0 Å². The fourth-order valence-electron chi connectivity index (χ4n) is 7.41. The molecular weight excluding hydrogens is 486 g/mol. The first kappa shape index (κ1) is 29.8. The third kappa shape index (κ3) is 4.88. The van der Waals surface area contributed by atoms with Crippen LogP contribution in [0.15, 0.2) is 25.3 Å². The molecule has 7 nitrogen and oxygen atoms in total. The number of thioether (sulfide) groups is 1. The Labute approximate surface area is 227 Å². The molecule has 0 radical (unpaired) electrons. The highest BCUT2D eigenvalue weighted by atomic mass is 32.2. The molecule has 0 saturated carbocycles. The molecule has 3 amide bonds. The topological polar surface area (TPSA) is 81.2 Å². The zero-order chi connectivity index (χ0) is 28.1. The van der Waals surface area contributed by atoms with E-state index in [0.29, 0.717) is 19.5 Å². The first-order valence-electron chi connectivity index (χ1n) is 13.4. The van der Waals surface area contributed by atoms with Gasteiger partial charge in [-0.15, -0.1) is 24.9 Å². The van der Waals surface area contributed by atoms with Crippen molar-refractivity contribution < 1.29 is 19.5 Å². The molecule has 3 aliphatic heterocycles. The Kier molecular flexibility index (Phi) is 8.09. The lowest BCUT2D eigenvalue weighted by molar-refractivity contribution is -0.149. The van der Waals surface area contributed by atoms with E-state index < -0.39 is 39.0 Å². The third-order valence-corrected chi connectivity index (χ3v) is 10.5. The van der Waals surface area contributed by atoms with Crippen LogP contribution in [0.1, 0.15) is 67.7 Å². The molecule has 1 N–H and O–H groups in total. The quantitative estimate of drug-likeness (QED) is 0.433. The molecule has 3 heterocycles. The molecule has 2 unspecified atom stereocenters. The number of carbonyl (C=O) groups is 3. The Morgan fingerprint density at radius 2 is 1.76 bits per heavy atom. The van der Waals surface area contributed by atoms with Crippen molar-refractivity contribution in [3.05, 3.63) is 25.3 Å². The number of nitrogens with zero attached hydrogens (tertiary/aromatic N) is 3. The highest BCUT2D eigenvalue weighted by Crippen LogP contribution is 2.72. The second-order valence-corrected chi connectivity index (χ2v) is 15.2. The van der Waals surface area contributed by atoms with E-state index in [4.69, 9.17) is 0 Å². The van der Waals surface area contributed by atoms with Crippen LogP contribution in [0.3, 0.4) is 0 Å². The largest absolute Gasteiger partial charge is 0.394 e. The van der Waals surface area contributed by atoms with Crippen LogP contribution in [0.25, 0.3) is 0 Å². The van der Waals surface area contributed by atoms with Gasteiger partial charge < -0.3 is 19.8 Å². The van der Waals surface area contributed by atoms with Gasteiger partial charge in [0, 0.05) is 30.4 Å². The van der Waals surface area contributed by atoms with Gasteiger partial charge in [-0.05, 0) is 52.4 Å². The minimum Gasteiger partial charge on any atom is -0.394 e. The second-order valence-electron chi connectivity index (χ2n) is 13.3. The van der Waals surface area contributed by atoms with Crippen molar-refractivity contribution in [2.75, 3.05) is 26.7 Å². The number of amides is 3. The number of aliphatic hydroxyl groups excluding tert-OH is 1. The molecule has 3 aliphatic rings. The van der Waals surface area contributed by atoms with Crippen LogP contribution in [0.5, 0.6) is 0 Å². The fraction of sp³-hybridized carbons (Fsp3) is 0.759. The van der Waals surface area contributed by atoms with Gasteiger partial charge in [0.2, 0.25) is 17.7 Å². The predicted molar refractivity (Wildman–Crippen MR) is 150 cm³/mol. The number of hydrogen-bond acceptors (Lipinski definition) is 5. The Hall–Kier alpha value is -1.80.